The second-order valence-electron chi connectivity index (χ2n) is 6.39. The van der Waals surface area contributed by atoms with Gasteiger partial charge in [-0.05, 0) is 50.2 Å². The molecule has 0 atom stereocenters. The van der Waals surface area contributed by atoms with Crippen LogP contribution in [0.25, 0.3) is 0 Å². The highest BCUT2D eigenvalue weighted by molar-refractivity contribution is 6.06. The Kier molecular flexibility index (Phi) is 4.81. The molecule has 3 rings (SSSR count). The molecule has 126 valence electrons. The summed E-state index contributed by atoms with van der Waals surface area (Å²) in [4.78, 5) is 21.3. The normalized spacial score (nSPS) is 15.4. The first-order chi connectivity index (χ1) is 11.6. The zero-order valence-corrected chi connectivity index (χ0v) is 14.5. The quantitative estimate of drug-likeness (QED) is 0.943. The van der Waals surface area contributed by atoms with Gasteiger partial charge in [0.1, 0.15) is 0 Å². The van der Waals surface area contributed by atoms with Gasteiger partial charge in [0.25, 0.3) is 5.91 Å². The molecule has 24 heavy (non-hydrogen) atoms. The molecule has 0 bridgehead atoms. The van der Waals surface area contributed by atoms with Crippen LogP contribution in [0, 0.1) is 13.8 Å². The average molecular weight is 324 g/mol. The van der Waals surface area contributed by atoms with Gasteiger partial charge in [0.05, 0.1) is 16.9 Å². The number of likely N-dealkylation sites (N-methyl/N-ethyl adjacent to an activating group) is 1. The highest BCUT2D eigenvalue weighted by Crippen LogP contribution is 2.32. The Balaban J connectivity index is 1.91. The minimum Gasteiger partial charge on any atom is -0.367 e. The Morgan fingerprint density at radius 3 is 2.54 bits per heavy atom. The van der Waals surface area contributed by atoms with E-state index in [-0.39, 0.29) is 5.91 Å². The van der Waals surface area contributed by atoms with Crippen molar-refractivity contribution >= 4 is 17.3 Å². The lowest BCUT2D eigenvalue weighted by Crippen LogP contribution is -2.44. The predicted octanol–water partition coefficient (Wildman–Crippen LogP) is 2.70. The molecule has 1 aromatic carbocycles. The molecule has 1 aliphatic rings. The number of benzene rings is 1. The van der Waals surface area contributed by atoms with Crippen molar-refractivity contribution < 1.29 is 4.79 Å². The fraction of sp³-hybridized carbons (Fsp3) is 0.368. The van der Waals surface area contributed by atoms with E-state index in [0.717, 1.165) is 43.1 Å². The van der Waals surface area contributed by atoms with E-state index >= 15 is 0 Å². The van der Waals surface area contributed by atoms with Gasteiger partial charge in [0, 0.05) is 38.6 Å². The number of anilines is 2. The largest absolute Gasteiger partial charge is 0.367 e. The van der Waals surface area contributed by atoms with Gasteiger partial charge < -0.3 is 15.1 Å². The van der Waals surface area contributed by atoms with Crippen molar-refractivity contribution in [3.63, 3.8) is 0 Å². The Labute approximate surface area is 143 Å². The van der Waals surface area contributed by atoms with Gasteiger partial charge in [-0.2, -0.15) is 0 Å². The third kappa shape index (κ3) is 3.41. The first kappa shape index (κ1) is 16.5. The molecular weight excluding hydrogens is 300 g/mol. The Bertz CT molecular complexity index is 722. The Hall–Kier alpha value is -2.40. The van der Waals surface area contributed by atoms with Crippen LogP contribution in [0.2, 0.25) is 0 Å². The SMILES string of the molecule is Cc1ccc(N2CCN(C)CC2)c(NC(=O)c2cccnc2)c1C. The van der Waals surface area contributed by atoms with Crippen LogP contribution in [0.4, 0.5) is 11.4 Å². The zero-order valence-electron chi connectivity index (χ0n) is 14.5. The number of hydrogen-bond donors (Lipinski definition) is 1. The summed E-state index contributed by atoms with van der Waals surface area (Å²) in [5.74, 6) is -0.118. The topological polar surface area (TPSA) is 48.5 Å². The number of nitrogens with one attached hydrogen (secondary N) is 1. The van der Waals surface area contributed by atoms with Crippen LogP contribution in [-0.2, 0) is 0 Å². The maximum atomic E-state index is 12.6. The van der Waals surface area contributed by atoms with Gasteiger partial charge in [-0.25, -0.2) is 0 Å². The molecule has 0 saturated carbocycles. The molecule has 5 nitrogen and oxygen atoms in total. The van der Waals surface area contributed by atoms with Crippen LogP contribution in [0.3, 0.4) is 0 Å². The van der Waals surface area contributed by atoms with E-state index in [1.54, 1.807) is 24.5 Å². The van der Waals surface area contributed by atoms with Gasteiger partial charge >= 0.3 is 0 Å². The second kappa shape index (κ2) is 7.01. The molecule has 0 spiro atoms. The Morgan fingerprint density at radius 1 is 1.12 bits per heavy atom. The van der Waals surface area contributed by atoms with Gasteiger partial charge in [-0.1, -0.05) is 6.07 Å². The predicted molar refractivity (Wildman–Crippen MR) is 97.8 cm³/mol. The first-order valence-electron chi connectivity index (χ1n) is 8.31. The van der Waals surface area contributed by atoms with Gasteiger partial charge in [0.15, 0.2) is 0 Å². The van der Waals surface area contributed by atoms with Crippen molar-refractivity contribution in [3.8, 4) is 0 Å². The number of nitrogens with zero attached hydrogens (tertiary/aromatic N) is 3. The van der Waals surface area contributed by atoms with Gasteiger partial charge in [-0.15, -0.1) is 0 Å². The van der Waals surface area contributed by atoms with Crippen molar-refractivity contribution in [2.24, 2.45) is 0 Å². The van der Waals surface area contributed by atoms with E-state index in [2.05, 4.69) is 53.1 Å². The Morgan fingerprint density at radius 2 is 1.88 bits per heavy atom. The van der Waals surface area contributed by atoms with Gasteiger partial charge in [-0.3, -0.25) is 9.78 Å². The summed E-state index contributed by atoms with van der Waals surface area (Å²) in [5, 5.41) is 3.11. The van der Waals surface area contributed by atoms with E-state index in [9.17, 15) is 4.79 Å². The fourth-order valence-electron chi connectivity index (χ4n) is 2.95. The van der Waals surface area contributed by atoms with Crippen molar-refractivity contribution in [2.45, 2.75) is 13.8 Å². The molecule has 5 heteroatoms. The summed E-state index contributed by atoms with van der Waals surface area (Å²) in [6.45, 7) is 8.13. The summed E-state index contributed by atoms with van der Waals surface area (Å²) < 4.78 is 0. The molecule has 1 aliphatic heterocycles. The smallest absolute Gasteiger partial charge is 0.257 e. The molecule has 1 fully saturated rings. The third-order valence-electron chi connectivity index (χ3n) is 4.72. The third-order valence-corrected chi connectivity index (χ3v) is 4.72. The number of hydrogen-bond acceptors (Lipinski definition) is 4. The highest BCUT2D eigenvalue weighted by Gasteiger charge is 2.20. The van der Waals surface area contributed by atoms with Crippen molar-refractivity contribution in [3.05, 3.63) is 53.3 Å². The molecule has 0 aliphatic carbocycles. The van der Waals surface area contributed by atoms with Crippen LogP contribution in [0.1, 0.15) is 21.5 Å². The van der Waals surface area contributed by atoms with E-state index in [1.807, 2.05) is 0 Å². The maximum Gasteiger partial charge on any atom is 0.257 e. The van der Waals surface area contributed by atoms with Gasteiger partial charge in [0.2, 0.25) is 0 Å². The number of carbonyl (C=O) groups excluding carboxylic acids is 1. The maximum absolute atomic E-state index is 12.6. The van der Waals surface area contributed by atoms with E-state index in [4.69, 9.17) is 0 Å². The van der Waals surface area contributed by atoms with Crippen LogP contribution < -0.4 is 10.2 Å². The van der Waals surface area contributed by atoms with Crippen LogP contribution >= 0.6 is 0 Å². The van der Waals surface area contributed by atoms with Crippen LogP contribution in [0.5, 0.6) is 0 Å². The van der Waals surface area contributed by atoms with Crippen molar-refractivity contribution in [1.82, 2.24) is 9.88 Å². The van der Waals surface area contributed by atoms with E-state index in [0.29, 0.717) is 5.56 Å². The molecule has 1 aromatic heterocycles. The second-order valence-corrected chi connectivity index (χ2v) is 6.39. The molecule has 0 unspecified atom stereocenters. The molecule has 1 amide bonds. The molecule has 1 saturated heterocycles. The number of rotatable bonds is 3. The van der Waals surface area contributed by atoms with Crippen molar-refractivity contribution in [2.75, 3.05) is 43.4 Å². The molecule has 2 heterocycles. The fourth-order valence-corrected chi connectivity index (χ4v) is 2.95. The van der Waals surface area contributed by atoms with Crippen LogP contribution in [0.15, 0.2) is 36.7 Å². The number of aryl methyl sites for hydroxylation is 1. The summed E-state index contributed by atoms with van der Waals surface area (Å²) >= 11 is 0. The van der Waals surface area contributed by atoms with E-state index < -0.39 is 0 Å². The summed E-state index contributed by atoms with van der Waals surface area (Å²) in [5.41, 5.74) is 4.87. The molecule has 1 N–H and O–H groups in total. The average Bonchev–Trinajstić information content (AvgIpc) is 2.61. The van der Waals surface area contributed by atoms with E-state index in [1.165, 1.54) is 5.56 Å². The standard InChI is InChI=1S/C19H24N4O/c1-14-6-7-17(23-11-9-22(3)10-12-23)18(15(14)2)21-19(24)16-5-4-8-20-13-16/h4-8,13H,9-12H2,1-3H3,(H,21,24). The molecule has 0 radical (unpaired) electrons. The number of pyridine rings is 1. The zero-order chi connectivity index (χ0) is 17.1. The summed E-state index contributed by atoms with van der Waals surface area (Å²) in [6.07, 6.45) is 3.26. The minimum absolute atomic E-state index is 0.118. The summed E-state index contributed by atoms with van der Waals surface area (Å²) in [7, 11) is 2.14. The molecular formula is C19H24N4O. The number of amides is 1. The van der Waals surface area contributed by atoms with Crippen molar-refractivity contribution in [1.29, 1.82) is 0 Å². The lowest BCUT2D eigenvalue weighted by molar-refractivity contribution is 0.102. The number of carbonyl (C=O) groups is 1. The van der Waals surface area contributed by atoms with Crippen LogP contribution in [-0.4, -0.2) is 49.0 Å². The minimum atomic E-state index is -0.118. The number of aromatic nitrogens is 1. The summed E-state index contributed by atoms with van der Waals surface area (Å²) in [6, 6.07) is 7.80. The number of piperazine rings is 1. The lowest BCUT2D eigenvalue weighted by atomic mass is 10.0. The first-order valence-corrected chi connectivity index (χ1v) is 8.31. The molecule has 2 aromatic rings. The lowest BCUT2D eigenvalue weighted by Gasteiger charge is -2.35. The highest BCUT2D eigenvalue weighted by atomic mass is 16.1. The monoisotopic (exact) mass is 324 g/mol.